The van der Waals surface area contributed by atoms with Gasteiger partial charge in [-0.1, -0.05) is 60.7 Å². The second-order valence-electron chi connectivity index (χ2n) is 6.13. The zero-order valence-electron chi connectivity index (χ0n) is 12.9. The summed E-state index contributed by atoms with van der Waals surface area (Å²) in [6, 6.07) is 21.0. The third kappa shape index (κ3) is 3.38. The van der Waals surface area contributed by atoms with Gasteiger partial charge in [0.05, 0.1) is 12.1 Å². The summed E-state index contributed by atoms with van der Waals surface area (Å²) in [6.45, 7) is 3.81. The first-order valence-corrected chi connectivity index (χ1v) is 7.97. The molecule has 22 heavy (non-hydrogen) atoms. The minimum atomic E-state index is -0.227. The molecule has 3 nitrogen and oxygen atoms in total. The van der Waals surface area contributed by atoms with Gasteiger partial charge in [0.15, 0.2) is 0 Å². The van der Waals surface area contributed by atoms with Gasteiger partial charge in [-0.15, -0.1) is 0 Å². The van der Waals surface area contributed by atoms with E-state index in [1.165, 1.54) is 11.1 Å². The predicted molar refractivity (Wildman–Crippen MR) is 89.7 cm³/mol. The Morgan fingerprint density at radius 3 is 2.23 bits per heavy atom. The molecule has 1 heterocycles. The van der Waals surface area contributed by atoms with E-state index in [0.717, 1.165) is 32.6 Å². The van der Waals surface area contributed by atoms with E-state index in [2.05, 4.69) is 58.7 Å². The zero-order chi connectivity index (χ0) is 15.3. The van der Waals surface area contributed by atoms with Crippen molar-refractivity contribution in [3.63, 3.8) is 0 Å². The Morgan fingerprint density at radius 2 is 1.59 bits per heavy atom. The normalized spacial score (nSPS) is 22.6. The molecule has 2 aromatic rings. The van der Waals surface area contributed by atoms with Gasteiger partial charge in [0.2, 0.25) is 0 Å². The molecule has 2 N–H and O–H groups in total. The van der Waals surface area contributed by atoms with Crippen molar-refractivity contribution < 1.29 is 5.11 Å². The molecular formula is C19H24N2O. The van der Waals surface area contributed by atoms with Crippen molar-refractivity contribution in [1.82, 2.24) is 10.2 Å². The summed E-state index contributed by atoms with van der Waals surface area (Å²) < 4.78 is 0. The highest BCUT2D eigenvalue weighted by molar-refractivity contribution is 5.20. The number of benzene rings is 2. The monoisotopic (exact) mass is 296 g/mol. The lowest BCUT2D eigenvalue weighted by Crippen LogP contribution is -2.64. The second-order valence-corrected chi connectivity index (χ2v) is 6.13. The fraction of sp³-hybridized carbons (Fsp3) is 0.368. The van der Waals surface area contributed by atoms with E-state index in [9.17, 15) is 5.11 Å². The number of piperazine rings is 1. The Labute approximate surface area is 132 Å². The van der Waals surface area contributed by atoms with Crippen molar-refractivity contribution in [2.24, 2.45) is 0 Å². The molecule has 0 saturated carbocycles. The summed E-state index contributed by atoms with van der Waals surface area (Å²) in [7, 11) is 0. The molecule has 116 valence electrons. The zero-order valence-corrected chi connectivity index (χ0v) is 12.9. The van der Waals surface area contributed by atoms with Gasteiger partial charge in [-0.25, -0.2) is 0 Å². The lowest BCUT2D eigenvalue weighted by atomic mass is 9.87. The minimum absolute atomic E-state index is 0.168. The number of nitrogens with zero attached hydrogens (tertiary/aromatic N) is 1. The van der Waals surface area contributed by atoms with Crippen LogP contribution >= 0.6 is 0 Å². The van der Waals surface area contributed by atoms with Crippen LogP contribution in [0, 0.1) is 0 Å². The maximum Gasteiger partial charge on any atom is 0.0631 e. The first-order chi connectivity index (χ1) is 10.8. The van der Waals surface area contributed by atoms with Crippen LogP contribution in [0.15, 0.2) is 60.7 Å². The van der Waals surface area contributed by atoms with Crippen LogP contribution in [0.5, 0.6) is 0 Å². The molecule has 1 unspecified atom stereocenters. The summed E-state index contributed by atoms with van der Waals surface area (Å²) in [4.78, 5) is 2.44. The van der Waals surface area contributed by atoms with E-state index in [-0.39, 0.29) is 12.1 Å². The van der Waals surface area contributed by atoms with Gasteiger partial charge in [-0.05, 0) is 17.5 Å². The number of hydrogen-bond donors (Lipinski definition) is 2. The highest BCUT2D eigenvalue weighted by atomic mass is 16.3. The predicted octanol–water partition coefficient (Wildman–Crippen LogP) is 2.07. The van der Waals surface area contributed by atoms with Crippen LogP contribution in [0.1, 0.15) is 11.1 Å². The van der Waals surface area contributed by atoms with Crippen molar-refractivity contribution in [1.29, 1.82) is 0 Å². The molecule has 3 heteroatoms. The largest absolute Gasteiger partial charge is 0.394 e. The number of aliphatic hydroxyl groups is 1. The molecule has 0 bridgehead atoms. The average molecular weight is 296 g/mol. The number of nitrogens with one attached hydrogen (secondary N) is 1. The van der Waals surface area contributed by atoms with E-state index in [4.69, 9.17) is 0 Å². The molecule has 0 aliphatic carbocycles. The molecule has 0 radical (unpaired) electrons. The molecule has 1 atom stereocenters. The summed E-state index contributed by atoms with van der Waals surface area (Å²) >= 11 is 0. The number of rotatable bonds is 5. The quantitative estimate of drug-likeness (QED) is 0.886. The fourth-order valence-corrected chi connectivity index (χ4v) is 3.30. The van der Waals surface area contributed by atoms with E-state index in [1.54, 1.807) is 0 Å². The van der Waals surface area contributed by atoms with Crippen LogP contribution in [0.4, 0.5) is 0 Å². The van der Waals surface area contributed by atoms with Crippen molar-refractivity contribution >= 4 is 0 Å². The highest BCUT2D eigenvalue weighted by Gasteiger charge is 2.38. The molecule has 0 aromatic heterocycles. The Bertz CT molecular complexity index is 573. The van der Waals surface area contributed by atoms with Gasteiger partial charge in [-0.2, -0.15) is 0 Å². The molecule has 0 spiro atoms. The molecule has 1 saturated heterocycles. The third-order valence-corrected chi connectivity index (χ3v) is 4.57. The Hall–Kier alpha value is -1.68. The minimum Gasteiger partial charge on any atom is -0.394 e. The molecule has 2 aromatic carbocycles. The molecular weight excluding hydrogens is 272 g/mol. The van der Waals surface area contributed by atoms with Crippen molar-refractivity contribution in [2.45, 2.75) is 18.5 Å². The second kappa shape index (κ2) is 7.05. The maximum absolute atomic E-state index is 10.2. The van der Waals surface area contributed by atoms with Gasteiger partial charge in [-0.3, -0.25) is 4.90 Å². The average Bonchev–Trinajstić information content (AvgIpc) is 2.58. The van der Waals surface area contributed by atoms with Gasteiger partial charge in [0, 0.05) is 26.2 Å². The van der Waals surface area contributed by atoms with Crippen LogP contribution in [0.2, 0.25) is 0 Å². The third-order valence-electron chi connectivity index (χ3n) is 4.57. The summed E-state index contributed by atoms with van der Waals surface area (Å²) in [6.07, 6.45) is 0.865. The lowest BCUT2D eigenvalue weighted by Gasteiger charge is -2.47. The molecule has 1 aliphatic rings. The smallest absolute Gasteiger partial charge is 0.0631 e. The molecule has 1 aliphatic heterocycles. The Kier molecular flexibility index (Phi) is 4.88. The maximum atomic E-state index is 10.2. The van der Waals surface area contributed by atoms with Gasteiger partial charge >= 0.3 is 0 Å². The van der Waals surface area contributed by atoms with E-state index in [0.29, 0.717) is 0 Å². The molecule has 1 fully saturated rings. The van der Waals surface area contributed by atoms with Crippen LogP contribution in [-0.2, 0) is 13.0 Å². The van der Waals surface area contributed by atoms with Crippen LogP contribution in [0.25, 0.3) is 0 Å². The van der Waals surface area contributed by atoms with Crippen LogP contribution in [0.3, 0.4) is 0 Å². The Morgan fingerprint density at radius 1 is 0.955 bits per heavy atom. The van der Waals surface area contributed by atoms with E-state index < -0.39 is 0 Å². The Balaban J connectivity index is 1.82. The van der Waals surface area contributed by atoms with Crippen LogP contribution < -0.4 is 5.32 Å². The lowest BCUT2D eigenvalue weighted by molar-refractivity contribution is 0.00408. The first kappa shape index (κ1) is 15.2. The summed E-state index contributed by atoms with van der Waals surface area (Å²) in [5.41, 5.74) is 2.35. The van der Waals surface area contributed by atoms with Crippen molar-refractivity contribution in [3.05, 3.63) is 71.8 Å². The van der Waals surface area contributed by atoms with Gasteiger partial charge < -0.3 is 10.4 Å². The standard InChI is InChI=1S/C19H24N2O/c22-16-19(13-17-7-3-1-4-8-17)15-20-11-12-21(19)14-18-9-5-2-6-10-18/h1-10,20,22H,11-16H2. The first-order valence-electron chi connectivity index (χ1n) is 7.97. The molecule has 3 rings (SSSR count). The molecule has 0 amide bonds. The number of aliphatic hydroxyl groups excluding tert-OH is 1. The van der Waals surface area contributed by atoms with Gasteiger partial charge in [0.1, 0.15) is 0 Å². The number of hydrogen-bond acceptors (Lipinski definition) is 3. The fourth-order valence-electron chi connectivity index (χ4n) is 3.30. The summed E-state index contributed by atoms with van der Waals surface area (Å²) in [5.74, 6) is 0. The summed E-state index contributed by atoms with van der Waals surface area (Å²) in [5, 5.41) is 13.6. The van der Waals surface area contributed by atoms with E-state index >= 15 is 0 Å². The SMILES string of the molecule is OCC1(Cc2ccccc2)CNCCN1Cc1ccccc1. The van der Waals surface area contributed by atoms with Crippen LogP contribution in [-0.4, -0.2) is 41.8 Å². The van der Waals surface area contributed by atoms with Crippen molar-refractivity contribution in [3.8, 4) is 0 Å². The highest BCUT2D eigenvalue weighted by Crippen LogP contribution is 2.25. The van der Waals surface area contributed by atoms with E-state index in [1.807, 2.05) is 12.1 Å². The van der Waals surface area contributed by atoms with Gasteiger partial charge in [0.25, 0.3) is 0 Å². The topological polar surface area (TPSA) is 35.5 Å². The van der Waals surface area contributed by atoms with Crippen molar-refractivity contribution in [2.75, 3.05) is 26.2 Å².